The second-order valence-electron chi connectivity index (χ2n) is 6.88. The average molecular weight is 374 g/mol. The Morgan fingerprint density at radius 2 is 2.07 bits per heavy atom. The van der Waals surface area contributed by atoms with Crippen LogP contribution in [0.2, 0.25) is 0 Å². The Morgan fingerprint density at radius 3 is 2.82 bits per heavy atom. The van der Waals surface area contributed by atoms with Gasteiger partial charge in [-0.15, -0.1) is 0 Å². The first-order valence-corrected chi connectivity index (χ1v) is 9.37. The van der Waals surface area contributed by atoms with Crippen LogP contribution in [-0.2, 0) is 0 Å². The molecule has 7 heteroatoms. The molecule has 0 aliphatic rings. The minimum Gasteiger partial charge on any atom is -0.340 e. The number of rotatable bonds is 6. The van der Waals surface area contributed by atoms with E-state index in [4.69, 9.17) is 0 Å². The Balaban J connectivity index is 1.58. The largest absolute Gasteiger partial charge is 0.340 e. The number of aromatic nitrogens is 5. The second kappa shape index (κ2) is 7.64. The van der Waals surface area contributed by atoms with Crippen LogP contribution in [0.3, 0.4) is 0 Å². The summed E-state index contributed by atoms with van der Waals surface area (Å²) in [7, 11) is 0. The van der Waals surface area contributed by atoms with E-state index >= 15 is 0 Å². The van der Waals surface area contributed by atoms with Crippen LogP contribution in [-0.4, -0.2) is 31.1 Å². The summed E-state index contributed by atoms with van der Waals surface area (Å²) in [6, 6.07) is 13.1. The number of benzene rings is 1. The molecule has 0 spiro atoms. The molecule has 0 saturated heterocycles. The van der Waals surface area contributed by atoms with Crippen molar-refractivity contribution in [3.8, 4) is 11.3 Å². The summed E-state index contributed by atoms with van der Waals surface area (Å²) in [4.78, 5) is 25.0. The number of hydrogen-bond acceptors (Lipinski definition) is 4. The zero-order chi connectivity index (χ0) is 19.5. The van der Waals surface area contributed by atoms with Gasteiger partial charge in [0.05, 0.1) is 22.8 Å². The molecule has 0 aliphatic heterocycles. The fraction of sp³-hybridized carbons (Fsp3) is 0.238. The first kappa shape index (κ1) is 17.9. The maximum Gasteiger partial charge on any atom is 0.269 e. The van der Waals surface area contributed by atoms with Gasteiger partial charge in [-0.25, -0.2) is 4.98 Å². The highest BCUT2D eigenvalue weighted by atomic mass is 16.2. The highest BCUT2D eigenvalue weighted by Gasteiger charge is 2.25. The van der Waals surface area contributed by atoms with Gasteiger partial charge >= 0.3 is 0 Å². The lowest BCUT2D eigenvalue weighted by Gasteiger charge is -2.22. The number of hydrogen-bond donors (Lipinski definition) is 3. The van der Waals surface area contributed by atoms with Gasteiger partial charge in [0, 0.05) is 18.0 Å². The number of fused-ring (bicyclic) bond motifs is 1. The molecular formula is C21H22N6O. The van der Waals surface area contributed by atoms with E-state index in [2.05, 4.69) is 44.3 Å². The first-order chi connectivity index (χ1) is 13.7. The molecular weight excluding hydrogens is 352 g/mol. The SMILES string of the molecule is CCC(C)C(NC(=O)c1cc(-c2cccnc2)n[nH]1)c1nc2ccccc2[nH]1. The molecule has 7 nitrogen and oxygen atoms in total. The lowest BCUT2D eigenvalue weighted by atomic mass is 9.98. The lowest BCUT2D eigenvalue weighted by Crippen LogP contribution is -2.33. The smallest absolute Gasteiger partial charge is 0.269 e. The van der Waals surface area contributed by atoms with E-state index in [1.54, 1.807) is 18.5 Å². The molecule has 0 aliphatic carbocycles. The fourth-order valence-corrected chi connectivity index (χ4v) is 3.15. The number of nitrogens with zero attached hydrogens (tertiary/aromatic N) is 3. The highest BCUT2D eigenvalue weighted by molar-refractivity contribution is 5.93. The van der Waals surface area contributed by atoms with E-state index in [1.807, 2.05) is 36.4 Å². The molecule has 3 heterocycles. The fourth-order valence-electron chi connectivity index (χ4n) is 3.15. The molecule has 3 aromatic heterocycles. The third kappa shape index (κ3) is 3.51. The van der Waals surface area contributed by atoms with Gasteiger partial charge in [-0.05, 0) is 36.2 Å². The van der Waals surface area contributed by atoms with E-state index in [-0.39, 0.29) is 17.9 Å². The van der Waals surface area contributed by atoms with Gasteiger partial charge in [-0.2, -0.15) is 5.10 Å². The van der Waals surface area contributed by atoms with Crippen molar-refractivity contribution in [2.75, 3.05) is 0 Å². The summed E-state index contributed by atoms with van der Waals surface area (Å²) >= 11 is 0. The number of imidazole rings is 1. The van der Waals surface area contributed by atoms with Crippen LogP contribution in [0.1, 0.15) is 42.6 Å². The quantitative estimate of drug-likeness (QED) is 0.477. The molecule has 28 heavy (non-hydrogen) atoms. The van der Waals surface area contributed by atoms with E-state index in [1.165, 1.54) is 0 Å². The first-order valence-electron chi connectivity index (χ1n) is 9.37. The Hall–Kier alpha value is -3.48. The maximum absolute atomic E-state index is 12.9. The lowest BCUT2D eigenvalue weighted by molar-refractivity contribution is 0.0915. The van der Waals surface area contributed by atoms with Crippen LogP contribution in [0.25, 0.3) is 22.3 Å². The molecule has 142 valence electrons. The average Bonchev–Trinajstić information content (AvgIpc) is 3.39. The summed E-state index contributed by atoms with van der Waals surface area (Å²) in [5, 5.41) is 10.2. The number of para-hydroxylation sites is 2. The summed E-state index contributed by atoms with van der Waals surface area (Å²) < 4.78 is 0. The summed E-state index contributed by atoms with van der Waals surface area (Å²) in [6.45, 7) is 4.20. The highest BCUT2D eigenvalue weighted by Crippen LogP contribution is 2.25. The molecule has 2 unspecified atom stereocenters. The van der Waals surface area contributed by atoms with Crippen molar-refractivity contribution in [2.45, 2.75) is 26.3 Å². The molecule has 2 atom stereocenters. The van der Waals surface area contributed by atoms with E-state index in [0.717, 1.165) is 28.8 Å². The predicted molar refractivity (Wildman–Crippen MR) is 108 cm³/mol. The van der Waals surface area contributed by atoms with Crippen LogP contribution in [0.4, 0.5) is 0 Å². The van der Waals surface area contributed by atoms with E-state index in [0.29, 0.717) is 11.4 Å². The minimum atomic E-state index is -0.227. The van der Waals surface area contributed by atoms with Gasteiger partial charge < -0.3 is 10.3 Å². The number of aromatic amines is 2. The number of carbonyl (C=O) groups excluding carboxylic acids is 1. The van der Waals surface area contributed by atoms with Gasteiger partial charge in [-0.1, -0.05) is 32.4 Å². The van der Waals surface area contributed by atoms with Crippen molar-refractivity contribution in [1.29, 1.82) is 0 Å². The molecule has 4 rings (SSSR count). The molecule has 0 saturated carbocycles. The number of nitrogens with one attached hydrogen (secondary N) is 3. The number of carbonyl (C=O) groups is 1. The summed E-state index contributed by atoms with van der Waals surface area (Å²) in [6.07, 6.45) is 4.33. The predicted octanol–water partition coefficient (Wildman–Crippen LogP) is 3.87. The normalized spacial score (nSPS) is 13.4. The molecule has 0 fully saturated rings. The van der Waals surface area contributed by atoms with Gasteiger partial charge in [0.25, 0.3) is 5.91 Å². The summed E-state index contributed by atoms with van der Waals surface area (Å²) in [5.74, 6) is 0.759. The Labute approximate surface area is 162 Å². The molecule has 0 bridgehead atoms. The van der Waals surface area contributed by atoms with E-state index < -0.39 is 0 Å². The summed E-state index contributed by atoms with van der Waals surface area (Å²) in [5.41, 5.74) is 3.79. The van der Waals surface area contributed by atoms with Crippen LogP contribution < -0.4 is 5.32 Å². The monoisotopic (exact) mass is 374 g/mol. The molecule has 1 amide bonds. The van der Waals surface area contributed by atoms with Crippen molar-refractivity contribution in [1.82, 2.24) is 30.5 Å². The second-order valence-corrected chi connectivity index (χ2v) is 6.88. The van der Waals surface area contributed by atoms with Crippen molar-refractivity contribution in [3.63, 3.8) is 0 Å². The van der Waals surface area contributed by atoms with Crippen molar-refractivity contribution >= 4 is 16.9 Å². The van der Waals surface area contributed by atoms with Gasteiger partial charge in [-0.3, -0.25) is 14.9 Å². The Morgan fingerprint density at radius 1 is 1.21 bits per heavy atom. The topological polar surface area (TPSA) is 99.3 Å². The number of H-pyrrole nitrogens is 2. The van der Waals surface area contributed by atoms with Crippen molar-refractivity contribution in [2.24, 2.45) is 5.92 Å². The molecule has 3 N–H and O–H groups in total. The van der Waals surface area contributed by atoms with Gasteiger partial charge in [0.1, 0.15) is 11.5 Å². The van der Waals surface area contributed by atoms with Crippen LogP contribution >= 0.6 is 0 Å². The van der Waals surface area contributed by atoms with Crippen LogP contribution in [0.5, 0.6) is 0 Å². The third-order valence-corrected chi connectivity index (χ3v) is 4.98. The third-order valence-electron chi connectivity index (χ3n) is 4.98. The van der Waals surface area contributed by atoms with Crippen molar-refractivity contribution in [3.05, 3.63) is 66.4 Å². The standard InChI is InChI=1S/C21H22N6O/c1-3-13(2)19(20-23-15-8-4-5-9-16(15)24-20)25-21(28)18-11-17(26-27-18)14-7-6-10-22-12-14/h4-13,19H,3H2,1-2H3,(H,23,24)(H,25,28)(H,26,27). The van der Waals surface area contributed by atoms with Crippen molar-refractivity contribution < 1.29 is 4.79 Å². The van der Waals surface area contributed by atoms with E-state index in [9.17, 15) is 4.79 Å². The Kier molecular flexibility index (Phi) is 4.89. The van der Waals surface area contributed by atoms with Crippen LogP contribution in [0, 0.1) is 5.92 Å². The van der Waals surface area contributed by atoms with Crippen LogP contribution in [0.15, 0.2) is 54.9 Å². The maximum atomic E-state index is 12.9. The zero-order valence-electron chi connectivity index (χ0n) is 15.8. The zero-order valence-corrected chi connectivity index (χ0v) is 15.8. The number of amides is 1. The minimum absolute atomic E-state index is 0.213. The molecule has 0 radical (unpaired) electrons. The van der Waals surface area contributed by atoms with Gasteiger partial charge in [0.2, 0.25) is 0 Å². The van der Waals surface area contributed by atoms with Gasteiger partial charge in [0.15, 0.2) is 0 Å². The Bertz CT molecular complexity index is 1050. The molecule has 1 aromatic carbocycles. The number of pyridine rings is 1. The molecule has 4 aromatic rings.